The highest BCUT2D eigenvalue weighted by molar-refractivity contribution is 5.17. The number of aliphatic hydroxyl groups is 3. The lowest BCUT2D eigenvalue weighted by atomic mass is 10.1. The highest BCUT2D eigenvalue weighted by Crippen LogP contribution is 2.06. The topological polar surface area (TPSA) is 60.7 Å². The Balaban J connectivity index is 4.33. The minimum absolute atomic E-state index is 0.240. The maximum Gasteiger partial charge on any atom is 0.103 e. The lowest BCUT2D eigenvalue weighted by Crippen LogP contribution is -2.26. The van der Waals surface area contributed by atoms with Crippen LogP contribution in [0.4, 0.5) is 0 Å². The number of allylic oxidation sites excluding steroid dienone is 3. The van der Waals surface area contributed by atoms with E-state index in [0.717, 1.165) is 0 Å². The first kappa shape index (κ1) is 11.4. The average Bonchev–Trinajstić information content (AvgIpc) is 2.05. The Morgan fingerprint density at radius 2 is 2.00 bits per heavy atom. The zero-order chi connectivity index (χ0) is 9.56. The zero-order valence-electron chi connectivity index (χ0n) is 7.44. The second-order valence-corrected chi connectivity index (χ2v) is 2.61. The van der Waals surface area contributed by atoms with Crippen LogP contribution in [0.25, 0.3) is 0 Å². The largest absolute Gasteiger partial charge is 0.392 e. The predicted octanol–water partition coefficient (Wildman–Crippen LogP) is 0.223. The van der Waals surface area contributed by atoms with Crippen molar-refractivity contribution in [3.05, 3.63) is 23.8 Å². The molecule has 0 aliphatic carbocycles. The van der Waals surface area contributed by atoms with Gasteiger partial charge < -0.3 is 15.3 Å². The molecule has 0 radical (unpaired) electrons. The lowest BCUT2D eigenvalue weighted by Gasteiger charge is -2.15. The molecule has 0 heterocycles. The van der Waals surface area contributed by atoms with Crippen molar-refractivity contribution in [3.8, 4) is 0 Å². The first-order valence-electron chi connectivity index (χ1n) is 3.92. The van der Waals surface area contributed by atoms with Crippen molar-refractivity contribution in [2.45, 2.75) is 26.1 Å². The lowest BCUT2D eigenvalue weighted by molar-refractivity contribution is 0.0479. The number of hydrogen-bond acceptors (Lipinski definition) is 3. The van der Waals surface area contributed by atoms with E-state index in [1.54, 1.807) is 18.2 Å². The van der Waals surface area contributed by atoms with E-state index in [1.165, 1.54) is 6.92 Å². The van der Waals surface area contributed by atoms with Gasteiger partial charge in [0.15, 0.2) is 0 Å². The Morgan fingerprint density at radius 1 is 1.42 bits per heavy atom. The van der Waals surface area contributed by atoms with Crippen LogP contribution in [0.1, 0.15) is 13.8 Å². The fourth-order valence-electron chi connectivity index (χ4n) is 0.774. The van der Waals surface area contributed by atoms with E-state index in [9.17, 15) is 5.11 Å². The summed E-state index contributed by atoms with van der Waals surface area (Å²) in [5.41, 5.74) is 0.420. The first-order valence-corrected chi connectivity index (χ1v) is 3.92. The molecule has 0 amide bonds. The summed E-state index contributed by atoms with van der Waals surface area (Å²) in [5, 5.41) is 27.1. The van der Waals surface area contributed by atoms with Gasteiger partial charge in [0.1, 0.15) is 6.10 Å². The van der Waals surface area contributed by atoms with E-state index in [0.29, 0.717) is 5.57 Å². The fraction of sp³-hybridized carbons (Fsp3) is 0.556. The summed E-state index contributed by atoms with van der Waals surface area (Å²) in [4.78, 5) is 0. The van der Waals surface area contributed by atoms with E-state index in [1.807, 2.05) is 6.92 Å². The van der Waals surface area contributed by atoms with Crippen LogP contribution >= 0.6 is 0 Å². The normalized spacial score (nSPS) is 18.2. The molecular weight excluding hydrogens is 156 g/mol. The Kier molecular flexibility index (Phi) is 5.62. The molecule has 12 heavy (non-hydrogen) atoms. The third kappa shape index (κ3) is 3.67. The van der Waals surface area contributed by atoms with E-state index in [4.69, 9.17) is 10.2 Å². The standard InChI is InChI=1S/C9H16O3/c1-3-4-5-8(6-10)9(12)7(2)11/h3-5,7,9-12H,6H2,1-2H3/b4-3+,8-5+/t7-,9+/m0/s1. The molecule has 70 valence electrons. The molecule has 0 aliphatic heterocycles. The van der Waals surface area contributed by atoms with Gasteiger partial charge in [-0.2, -0.15) is 0 Å². The van der Waals surface area contributed by atoms with Crippen molar-refractivity contribution in [2.24, 2.45) is 0 Å². The van der Waals surface area contributed by atoms with E-state index < -0.39 is 12.2 Å². The predicted molar refractivity (Wildman–Crippen MR) is 47.7 cm³/mol. The number of hydrogen-bond donors (Lipinski definition) is 3. The SMILES string of the molecule is C/C=C/C=C(\CO)[C@H](O)[C@H](C)O. The van der Waals surface area contributed by atoms with Gasteiger partial charge in [-0.1, -0.05) is 18.2 Å². The highest BCUT2D eigenvalue weighted by atomic mass is 16.3. The third-order valence-corrected chi connectivity index (χ3v) is 1.52. The summed E-state index contributed by atoms with van der Waals surface area (Å²) in [7, 11) is 0. The van der Waals surface area contributed by atoms with Crippen LogP contribution in [0, 0.1) is 0 Å². The molecule has 0 fully saturated rings. The van der Waals surface area contributed by atoms with Gasteiger partial charge in [0, 0.05) is 0 Å². The van der Waals surface area contributed by atoms with Crippen molar-refractivity contribution < 1.29 is 15.3 Å². The Labute approximate surface area is 72.7 Å². The average molecular weight is 172 g/mol. The molecule has 0 unspecified atom stereocenters. The van der Waals surface area contributed by atoms with Gasteiger partial charge in [0.2, 0.25) is 0 Å². The Morgan fingerprint density at radius 3 is 2.33 bits per heavy atom. The van der Waals surface area contributed by atoms with Crippen LogP contribution < -0.4 is 0 Å². The maximum absolute atomic E-state index is 9.30. The highest BCUT2D eigenvalue weighted by Gasteiger charge is 2.14. The quantitative estimate of drug-likeness (QED) is 0.532. The van der Waals surface area contributed by atoms with Gasteiger partial charge in [0.05, 0.1) is 12.7 Å². The second-order valence-electron chi connectivity index (χ2n) is 2.61. The smallest absolute Gasteiger partial charge is 0.103 e. The summed E-state index contributed by atoms with van der Waals surface area (Å²) < 4.78 is 0. The minimum atomic E-state index is -0.980. The Hall–Kier alpha value is -0.640. The molecule has 0 aromatic carbocycles. The van der Waals surface area contributed by atoms with Crippen LogP contribution in [0.3, 0.4) is 0 Å². The zero-order valence-corrected chi connectivity index (χ0v) is 7.44. The van der Waals surface area contributed by atoms with E-state index in [-0.39, 0.29) is 6.61 Å². The first-order chi connectivity index (χ1) is 5.63. The van der Waals surface area contributed by atoms with Crippen molar-refractivity contribution in [1.82, 2.24) is 0 Å². The summed E-state index contributed by atoms with van der Waals surface area (Å²) in [6.45, 7) is 3.07. The molecule has 3 nitrogen and oxygen atoms in total. The fourth-order valence-corrected chi connectivity index (χ4v) is 0.774. The molecule has 0 saturated carbocycles. The summed E-state index contributed by atoms with van der Waals surface area (Å²) in [6, 6.07) is 0. The van der Waals surface area contributed by atoms with E-state index in [2.05, 4.69) is 0 Å². The number of aliphatic hydroxyl groups excluding tert-OH is 3. The molecular formula is C9H16O3. The van der Waals surface area contributed by atoms with Gasteiger partial charge in [-0.3, -0.25) is 0 Å². The van der Waals surface area contributed by atoms with Crippen LogP contribution in [0.2, 0.25) is 0 Å². The summed E-state index contributed by atoms with van der Waals surface area (Å²) in [5.74, 6) is 0. The van der Waals surface area contributed by atoms with Crippen molar-refractivity contribution in [1.29, 1.82) is 0 Å². The molecule has 3 N–H and O–H groups in total. The van der Waals surface area contributed by atoms with Gasteiger partial charge in [0.25, 0.3) is 0 Å². The molecule has 0 saturated heterocycles. The van der Waals surface area contributed by atoms with Crippen LogP contribution in [0.15, 0.2) is 23.8 Å². The molecule has 0 aromatic rings. The molecule has 2 atom stereocenters. The monoisotopic (exact) mass is 172 g/mol. The summed E-state index contributed by atoms with van der Waals surface area (Å²) in [6.07, 6.45) is 3.25. The molecule has 0 aromatic heterocycles. The van der Waals surface area contributed by atoms with Crippen LogP contribution in [-0.4, -0.2) is 34.1 Å². The van der Waals surface area contributed by atoms with Crippen molar-refractivity contribution in [2.75, 3.05) is 6.61 Å². The van der Waals surface area contributed by atoms with Gasteiger partial charge >= 0.3 is 0 Å². The van der Waals surface area contributed by atoms with Gasteiger partial charge in [-0.15, -0.1) is 0 Å². The molecule has 0 spiro atoms. The van der Waals surface area contributed by atoms with Gasteiger partial charge in [-0.05, 0) is 19.4 Å². The maximum atomic E-state index is 9.30. The summed E-state index contributed by atoms with van der Waals surface area (Å²) >= 11 is 0. The second kappa shape index (κ2) is 5.94. The molecule has 3 heteroatoms. The van der Waals surface area contributed by atoms with Crippen molar-refractivity contribution in [3.63, 3.8) is 0 Å². The Bertz CT molecular complexity index is 171. The van der Waals surface area contributed by atoms with E-state index >= 15 is 0 Å². The van der Waals surface area contributed by atoms with Gasteiger partial charge in [-0.25, -0.2) is 0 Å². The number of rotatable bonds is 4. The molecule has 0 bridgehead atoms. The molecule has 0 rings (SSSR count). The van der Waals surface area contributed by atoms with Crippen LogP contribution in [0.5, 0.6) is 0 Å². The minimum Gasteiger partial charge on any atom is -0.392 e. The molecule has 0 aliphatic rings. The third-order valence-electron chi connectivity index (χ3n) is 1.52. The van der Waals surface area contributed by atoms with Crippen molar-refractivity contribution >= 4 is 0 Å². The van der Waals surface area contributed by atoms with Crippen LogP contribution in [-0.2, 0) is 0 Å².